The van der Waals surface area contributed by atoms with Gasteiger partial charge in [0.1, 0.15) is 5.82 Å². The average molecular weight is 275 g/mol. The summed E-state index contributed by atoms with van der Waals surface area (Å²) in [7, 11) is 0. The summed E-state index contributed by atoms with van der Waals surface area (Å²) in [4.78, 5) is 1.21. The Morgan fingerprint density at radius 1 is 1.11 bits per heavy atom. The molecule has 2 aromatic rings. The number of hydrogen-bond acceptors (Lipinski definition) is 2. The SMILES string of the molecule is Cc1ccc(SCC(N)c2ccc(F)c(C)c2)cc1. The second-order valence-corrected chi connectivity index (χ2v) is 5.83. The second kappa shape index (κ2) is 6.22. The zero-order chi connectivity index (χ0) is 13.8. The van der Waals surface area contributed by atoms with E-state index in [1.165, 1.54) is 16.5 Å². The van der Waals surface area contributed by atoms with Crippen LogP contribution in [-0.2, 0) is 0 Å². The van der Waals surface area contributed by atoms with Crippen LogP contribution >= 0.6 is 11.8 Å². The minimum atomic E-state index is -0.179. The highest BCUT2D eigenvalue weighted by Crippen LogP contribution is 2.24. The predicted octanol–water partition coefficient (Wildman–Crippen LogP) is 4.23. The van der Waals surface area contributed by atoms with Crippen molar-refractivity contribution in [1.82, 2.24) is 0 Å². The van der Waals surface area contributed by atoms with Crippen LogP contribution in [0, 0.1) is 19.7 Å². The maximum Gasteiger partial charge on any atom is 0.126 e. The van der Waals surface area contributed by atoms with Gasteiger partial charge in [0.15, 0.2) is 0 Å². The maximum absolute atomic E-state index is 13.2. The quantitative estimate of drug-likeness (QED) is 0.845. The summed E-state index contributed by atoms with van der Waals surface area (Å²) in [5.41, 5.74) is 9.03. The van der Waals surface area contributed by atoms with Crippen LogP contribution in [0.1, 0.15) is 22.7 Å². The summed E-state index contributed by atoms with van der Waals surface area (Å²) >= 11 is 1.72. The maximum atomic E-state index is 13.2. The van der Waals surface area contributed by atoms with E-state index < -0.39 is 0 Å². The van der Waals surface area contributed by atoms with Crippen molar-refractivity contribution >= 4 is 11.8 Å². The fourth-order valence-electron chi connectivity index (χ4n) is 1.82. The lowest BCUT2D eigenvalue weighted by atomic mass is 10.1. The molecule has 3 heteroatoms. The molecule has 0 saturated heterocycles. The lowest BCUT2D eigenvalue weighted by Gasteiger charge is -2.12. The van der Waals surface area contributed by atoms with E-state index in [4.69, 9.17) is 5.73 Å². The topological polar surface area (TPSA) is 26.0 Å². The Bertz CT molecular complexity index is 551. The number of thioether (sulfide) groups is 1. The molecular weight excluding hydrogens is 257 g/mol. The zero-order valence-electron chi connectivity index (χ0n) is 11.2. The van der Waals surface area contributed by atoms with Crippen LogP contribution in [0.25, 0.3) is 0 Å². The monoisotopic (exact) mass is 275 g/mol. The molecule has 0 aromatic heterocycles. The number of nitrogens with two attached hydrogens (primary N) is 1. The Balaban J connectivity index is 1.98. The van der Waals surface area contributed by atoms with Crippen LogP contribution in [0.5, 0.6) is 0 Å². The Hall–Kier alpha value is -1.32. The van der Waals surface area contributed by atoms with E-state index in [-0.39, 0.29) is 11.9 Å². The Morgan fingerprint density at radius 3 is 2.42 bits per heavy atom. The minimum Gasteiger partial charge on any atom is -0.323 e. The third-order valence-corrected chi connectivity index (χ3v) is 4.19. The molecule has 0 amide bonds. The van der Waals surface area contributed by atoms with E-state index in [0.717, 1.165) is 11.3 Å². The van der Waals surface area contributed by atoms with E-state index in [2.05, 4.69) is 31.2 Å². The van der Waals surface area contributed by atoms with Crippen LogP contribution < -0.4 is 5.73 Å². The highest BCUT2D eigenvalue weighted by molar-refractivity contribution is 7.99. The van der Waals surface area contributed by atoms with Crippen LogP contribution in [0.2, 0.25) is 0 Å². The number of hydrogen-bond donors (Lipinski definition) is 1. The minimum absolute atomic E-state index is 0.0781. The van der Waals surface area contributed by atoms with Crippen molar-refractivity contribution in [2.24, 2.45) is 5.73 Å². The molecule has 2 aromatic carbocycles. The van der Waals surface area contributed by atoms with Crippen molar-refractivity contribution in [1.29, 1.82) is 0 Å². The van der Waals surface area contributed by atoms with Gasteiger partial charge in [-0.3, -0.25) is 0 Å². The van der Waals surface area contributed by atoms with Gasteiger partial charge < -0.3 is 5.73 Å². The van der Waals surface area contributed by atoms with Crippen LogP contribution in [0.3, 0.4) is 0 Å². The summed E-state index contributed by atoms with van der Waals surface area (Å²) in [6.45, 7) is 3.83. The van der Waals surface area contributed by atoms with Crippen LogP contribution in [-0.4, -0.2) is 5.75 Å². The fraction of sp³-hybridized carbons (Fsp3) is 0.250. The smallest absolute Gasteiger partial charge is 0.126 e. The third kappa shape index (κ3) is 3.82. The van der Waals surface area contributed by atoms with E-state index in [1.807, 2.05) is 6.07 Å². The lowest BCUT2D eigenvalue weighted by molar-refractivity contribution is 0.616. The number of halogens is 1. The Morgan fingerprint density at radius 2 is 1.79 bits per heavy atom. The molecule has 1 nitrogen and oxygen atoms in total. The van der Waals surface area contributed by atoms with Crippen molar-refractivity contribution in [2.75, 3.05) is 5.75 Å². The van der Waals surface area contributed by atoms with Gasteiger partial charge in [0.2, 0.25) is 0 Å². The molecule has 0 saturated carbocycles. The van der Waals surface area contributed by atoms with Crippen molar-refractivity contribution < 1.29 is 4.39 Å². The molecule has 0 radical (unpaired) electrons. The summed E-state index contributed by atoms with van der Waals surface area (Å²) < 4.78 is 13.2. The molecule has 100 valence electrons. The lowest BCUT2D eigenvalue weighted by Crippen LogP contribution is -2.13. The molecule has 0 spiro atoms. The van der Waals surface area contributed by atoms with Gasteiger partial charge >= 0.3 is 0 Å². The van der Waals surface area contributed by atoms with Gasteiger partial charge in [-0.2, -0.15) is 0 Å². The van der Waals surface area contributed by atoms with Crippen molar-refractivity contribution in [3.8, 4) is 0 Å². The van der Waals surface area contributed by atoms with Crippen LogP contribution in [0.15, 0.2) is 47.4 Å². The molecular formula is C16H18FNS. The average Bonchev–Trinajstić information content (AvgIpc) is 2.41. The molecule has 0 aliphatic carbocycles. The molecule has 1 atom stereocenters. The largest absolute Gasteiger partial charge is 0.323 e. The summed E-state index contributed by atoms with van der Waals surface area (Å²) in [5.74, 6) is 0.607. The third-order valence-electron chi connectivity index (χ3n) is 3.06. The number of rotatable bonds is 4. The predicted molar refractivity (Wildman–Crippen MR) is 80.0 cm³/mol. The first kappa shape index (κ1) is 14.1. The van der Waals surface area contributed by atoms with E-state index in [9.17, 15) is 4.39 Å². The van der Waals surface area contributed by atoms with Crippen molar-refractivity contribution in [3.63, 3.8) is 0 Å². The van der Waals surface area contributed by atoms with Crippen molar-refractivity contribution in [3.05, 3.63) is 65.0 Å². The first-order chi connectivity index (χ1) is 9.06. The van der Waals surface area contributed by atoms with Gasteiger partial charge in [-0.15, -0.1) is 11.8 Å². The molecule has 0 fully saturated rings. The normalized spacial score (nSPS) is 12.4. The molecule has 2 N–H and O–H groups in total. The van der Waals surface area contributed by atoms with Gasteiger partial charge in [0, 0.05) is 16.7 Å². The summed E-state index contributed by atoms with van der Waals surface area (Å²) in [6.07, 6.45) is 0. The van der Waals surface area contributed by atoms with Gasteiger partial charge in [-0.1, -0.05) is 29.8 Å². The molecule has 2 rings (SSSR count). The highest BCUT2D eigenvalue weighted by Gasteiger charge is 2.08. The zero-order valence-corrected chi connectivity index (χ0v) is 12.0. The first-order valence-corrected chi connectivity index (χ1v) is 7.26. The Labute approximate surface area is 118 Å². The number of aryl methyl sites for hydroxylation is 2. The molecule has 0 aliphatic rings. The van der Waals surface area contributed by atoms with Gasteiger partial charge in [0.05, 0.1) is 0 Å². The van der Waals surface area contributed by atoms with Gasteiger partial charge in [-0.25, -0.2) is 4.39 Å². The second-order valence-electron chi connectivity index (χ2n) is 4.74. The highest BCUT2D eigenvalue weighted by atomic mass is 32.2. The molecule has 0 bridgehead atoms. The Kier molecular flexibility index (Phi) is 4.61. The van der Waals surface area contributed by atoms with Crippen molar-refractivity contribution in [2.45, 2.75) is 24.8 Å². The van der Waals surface area contributed by atoms with Crippen LogP contribution in [0.4, 0.5) is 4.39 Å². The van der Waals surface area contributed by atoms with E-state index in [0.29, 0.717) is 5.56 Å². The van der Waals surface area contributed by atoms with E-state index >= 15 is 0 Å². The molecule has 1 unspecified atom stereocenters. The number of benzene rings is 2. The molecule has 0 heterocycles. The van der Waals surface area contributed by atoms with Gasteiger partial charge in [-0.05, 0) is 43.2 Å². The van der Waals surface area contributed by atoms with E-state index in [1.54, 1.807) is 24.8 Å². The first-order valence-electron chi connectivity index (χ1n) is 6.27. The molecule has 0 aliphatic heterocycles. The molecule has 19 heavy (non-hydrogen) atoms. The van der Waals surface area contributed by atoms with Gasteiger partial charge in [0.25, 0.3) is 0 Å². The fourth-order valence-corrected chi connectivity index (χ4v) is 2.71. The summed E-state index contributed by atoms with van der Waals surface area (Å²) in [6, 6.07) is 13.4. The standard InChI is InChI=1S/C16H18FNS/c1-11-3-6-14(7-4-11)19-10-16(18)13-5-8-15(17)12(2)9-13/h3-9,16H,10,18H2,1-2H3. The summed E-state index contributed by atoms with van der Waals surface area (Å²) in [5, 5.41) is 0.